The van der Waals surface area contributed by atoms with E-state index in [0.29, 0.717) is 19.8 Å². The van der Waals surface area contributed by atoms with E-state index in [1.165, 1.54) is 0 Å². The number of aliphatic hydroxyl groups excluding tert-OH is 3. The maximum atomic E-state index is 8.55. The molecule has 0 amide bonds. The summed E-state index contributed by atoms with van der Waals surface area (Å²) in [4.78, 5) is 0. The molecule has 9 heteroatoms. The van der Waals surface area contributed by atoms with Crippen LogP contribution >= 0.6 is 0 Å². The molecular weight excluding hydrogens is 483 g/mol. The number of hydrogen-bond donors (Lipinski definition) is 3. The van der Waals surface area contributed by atoms with Crippen LogP contribution in [0.25, 0.3) is 0 Å². The van der Waals surface area contributed by atoms with Crippen LogP contribution in [-0.4, -0.2) is 74.8 Å². The molecule has 0 aromatic rings. The molecule has 0 saturated carbocycles. The van der Waals surface area contributed by atoms with Gasteiger partial charge in [-0.15, -0.1) is 0 Å². The fraction of sp³-hybridized carbons (Fsp3) is 1.00. The summed E-state index contributed by atoms with van der Waals surface area (Å²) in [5.41, 5.74) is 0. The van der Waals surface area contributed by atoms with E-state index in [0.717, 1.165) is 0 Å². The standard InChI is InChI=1S/C10H22O6.3Y/c11-1-4-14-7-10(8-15-5-2-12)9-16-6-3-13;;;/h10-13H,1-9H2;;;. The second-order valence-electron chi connectivity index (χ2n) is 3.26. The molecule has 0 heterocycles. The first-order valence-corrected chi connectivity index (χ1v) is 5.41. The van der Waals surface area contributed by atoms with Crippen LogP contribution in [0.3, 0.4) is 0 Å². The third kappa shape index (κ3) is 23.5. The van der Waals surface area contributed by atoms with E-state index in [2.05, 4.69) is 0 Å². The van der Waals surface area contributed by atoms with Gasteiger partial charge in [0.25, 0.3) is 0 Å². The van der Waals surface area contributed by atoms with E-state index in [1.54, 1.807) is 0 Å². The summed E-state index contributed by atoms with van der Waals surface area (Å²) in [7, 11) is 0. The summed E-state index contributed by atoms with van der Waals surface area (Å²) in [6, 6.07) is 0. The monoisotopic (exact) mass is 505 g/mol. The second kappa shape index (κ2) is 26.0. The van der Waals surface area contributed by atoms with E-state index in [9.17, 15) is 0 Å². The minimum Gasteiger partial charge on any atom is -0.394 e. The van der Waals surface area contributed by atoms with Gasteiger partial charge in [0.1, 0.15) is 0 Å². The molecule has 0 rings (SSSR count). The molecule has 0 spiro atoms. The van der Waals surface area contributed by atoms with Gasteiger partial charge in [-0.1, -0.05) is 0 Å². The number of aliphatic hydroxyl groups is 3. The predicted molar refractivity (Wildman–Crippen MR) is 57.2 cm³/mol. The molecule has 6 nitrogen and oxygen atoms in total. The van der Waals surface area contributed by atoms with Crippen LogP contribution in [0.4, 0.5) is 0 Å². The van der Waals surface area contributed by atoms with Gasteiger partial charge in [-0.3, -0.25) is 0 Å². The zero-order chi connectivity index (χ0) is 12.1. The van der Waals surface area contributed by atoms with Crippen LogP contribution in [0.15, 0.2) is 0 Å². The van der Waals surface area contributed by atoms with Gasteiger partial charge in [0.05, 0.1) is 59.5 Å². The Morgan fingerprint density at radius 1 is 0.579 bits per heavy atom. The Morgan fingerprint density at radius 3 is 1.05 bits per heavy atom. The number of hydrogen-bond acceptors (Lipinski definition) is 6. The van der Waals surface area contributed by atoms with E-state index >= 15 is 0 Å². The molecule has 0 atom stereocenters. The first kappa shape index (κ1) is 30.0. The molecule has 0 bridgehead atoms. The number of rotatable bonds is 12. The minimum absolute atomic E-state index is 0. The van der Waals surface area contributed by atoms with Crippen molar-refractivity contribution in [3.05, 3.63) is 0 Å². The molecule has 0 aromatic carbocycles. The van der Waals surface area contributed by atoms with Gasteiger partial charge >= 0.3 is 0 Å². The van der Waals surface area contributed by atoms with Crippen molar-refractivity contribution in [1.82, 2.24) is 0 Å². The normalized spacial score (nSPS) is 9.47. The topological polar surface area (TPSA) is 88.4 Å². The van der Waals surface area contributed by atoms with E-state index in [1.807, 2.05) is 0 Å². The van der Waals surface area contributed by atoms with Crippen molar-refractivity contribution in [1.29, 1.82) is 0 Å². The Labute approximate surface area is 190 Å². The molecule has 0 aromatic heterocycles. The van der Waals surface area contributed by atoms with Crippen molar-refractivity contribution in [2.24, 2.45) is 5.92 Å². The molecule has 0 fully saturated rings. The molecule has 0 aliphatic carbocycles. The zero-order valence-electron chi connectivity index (χ0n) is 11.2. The van der Waals surface area contributed by atoms with Crippen molar-refractivity contribution < 1.29 is 128 Å². The Morgan fingerprint density at radius 2 is 0.842 bits per heavy atom. The molecule has 0 unspecified atom stereocenters. The van der Waals surface area contributed by atoms with Crippen LogP contribution in [0.5, 0.6) is 0 Å². The van der Waals surface area contributed by atoms with E-state index in [-0.39, 0.29) is 144 Å². The van der Waals surface area contributed by atoms with Crippen LogP contribution in [0.2, 0.25) is 0 Å². The summed E-state index contributed by atoms with van der Waals surface area (Å²) < 4.78 is 15.5. The van der Waals surface area contributed by atoms with Crippen LogP contribution < -0.4 is 0 Å². The summed E-state index contributed by atoms with van der Waals surface area (Å²) >= 11 is 0. The fourth-order valence-corrected chi connectivity index (χ4v) is 1.09. The Kier molecular flexibility index (Phi) is 41.1. The van der Waals surface area contributed by atoms with Crippen LogP contribution in [-0.2, 0) is 112 Å². The van der Waals surface area contributed by atoms with Gasteiger partial charge in [0, 0.05) is 104 Å². The summed E-state index contributed by atoms with van der Waals surface area (Å²) in [5, 5.41) is 25.7. The van der Waals surface area contributed by atoms with Gasteiger partial charge in [-0.25, -0.2) is 0 Å². The van der Waals surface area contributed by atoms with Crippen LogP contribution in [0, 0.1) is 5.92 Å². The summed E-state index contributed by atoms with van der Waals surface area (Å²) in [6.07, 6.45) is 0. The third-order valence-electron chi connectivity index (χ3n) is 1.77. The number of ether oxygens (including phenoxy) is 3. The van der Waals surface area contributed by atoms with Gasteiger partial charge in [0.15, 0.2) is 0 Å². The third-order valence-corrected chi connectivity index (χ3v) is 1.77. The maximum Gasteiger partial charge on any atom is 0.0697 e. The Balaban J connectivity index is -0.000000375. The predicted octanol–water partition coefficient (Wildman–Crippen LogP) is -1.38. The molecule has 0 saturated heterocycles. The molecule has 19 heavy (non-hydrogen) atoms. The zero-order valence-corrected chi connectivity index (χ0v) is 19.8. The molecule has 3 radical (unpaired) electrons. The first-order valence-electron chi connectivity index (χ1n) is 5.41. The quantitative estimate of drug-likeness (QED) is 0.284. The maximum absolute atomic E-state index is 8.55. The van der Waals surface area contributed by atoms with Crippen molar-refractivity contribution in [3.8, 4) is 0 Å². The van der Waals surface area contributed by atoms with Gasteiger partial charge in [-0.05, 0) is 0 Å². The minimum atomic E-state index is -0.0122. The van der Waals surface area contributed by atoms with Gasteiger partial charge in [0.2, 0.25) is 0 Å². The Bertz CT molecular complexity index is 121. The Hall–Kier alpha value is 3.07. The van der Waals surface area contributed by atoms with E-state index < -0.39 is 0 Å². The van der Waals surface area contributed by atoms with Crippen molar-refractivity contribution >= 4 is 0 Å². The molecule has 0 aliphatic rings. The SMILES string of the molecule is OCCOCC(COCCO)COCCO.[Y].[Y].[Y]. The van der Waals surface area contributed by atoms with Crippen molar-refractivity contribution in [3.63, 3.8) is 0 Å². The van der Waals surface area contributed by atoms with Gasteiger partial charge < -0.3 is 29.5 Å². The summed E-state index contributed by atoms with van der Waals surface area (Å²) in [5.74, 6) is 0.0460. The molecule has 107 valence electrons. The van der Waals surface area contributed by atoms with E-state index in [4.69, 9.17) is 29.5 Å². The largest absolute Gasteiger partial charge is 0.394 e. The molecular formula is C10H22O6Y3. The molecule has 0 aliphatic heterocycles. The van der Waals surface area contributed by atoms with Crippen molar-refractivity contribution in [2.75, 3.05) is 59.5 Å². The van der Waals surface area contributed by atoms with Gasteiger partial charge in [-0.2, -0.15) is 0 Å². The average molecular weight is 505 g/mol. The van der Waals surface area contributed by atoms with Crippen molar-refractivity contribution in [2.45, 2.75) is 0 Å². The van der Waals surface area contributed by atoms with Crippen LogP contribution in [0.1, 0.15) is 0 Å². The second-order valence-corrected chi connectivity index (χ2v) is 3.26. The molecule has 3 N–H and O–H groups in total. The first-order chi connectivity index (χ1) is 7.85. The smallest absolute Gasteiger partial charge is 0.0697 e. The summed E-state index contributed by atoms with van der Waals surface area (Å²) in [6.45, 7) is 2.11. The average Bonchev–Trinajstić information content (AvgIpc) is 2.29. The fourth-order valence-electron chi connectivity index (χ4n) is 1.09.